The Kier molecular flexibility index (Phi) is 5.86. The molecule has 4 rings (SSSR count). The molecule has 0 N–H and O–H groups in total. The molecule has 1 atom stereocenters. The van der Waals surface area contributed by atoms with Gasteiger partial charge in [-0.15, -0.1) is 0 Å². The zero-order valence-corrected chi connectivity index (χ0v) is 18.3. The summed E-state index contributed by atoms with van der Waals surface area (Å²) in [5.74, 6) is 0.243. The fraction of sp³-hybridized carbons (Fsp3) is 0.208. The van der Waals surface area contributed by atoms with Gasteiger partial charge in [0.05, 0.1) is 23.8 Å². The molecule has 158 valence electrons. The number of methoxy groups -OCH3 is 1. The van der Waals surface area contributed by atoms with Gasteiger partial charge in [0.25, 0.3) is 5.56 Å². The minimum Gasteiger partial charge on any atom is -0.497 e. The summed E-state index contributed by atoms with van der Waals surface area (Å²) in [6.45, 7) is 3.76. The van der Waals surface area contributed by atoms with Crippen LogP contribution in [0.4, 0.5) is 0 Å². The quantitative estimate of drug-likeness (QED) is 0.579. The fourth-order valence-electron chi connectivity index (χ4n) is 3.55. The summed E-state index contributed by atoms with van der Waals surface area (Å²) in [6, 6.07) is 16.5. The van der Waals surface area contributed by atoms with Gasteiger partial charge in [-0.05, 0) is 43.2 Å². The molecule has 1 aliphatic rings. The fourth-order valence-corrected chi connectivity index (χ4v) is 4.58. The number of fused-ring (bicyclic) bond motifs is 1. The molecule has 3 aromatic rings. The van der Waals surface area contributed by atoms with Gasteiger partial charge in [0.2, 0.25) is 0 Å². The summed E-state index contributed by atoms with van der Waals surface area (Å²) in [6.07, 6.45) is 1.84. The van der Waals surface area contributed by atoms with Crippen molar-refractivity contribution in [3.8, 4) is 5.75 Å². The highest BCUT2D eigenvalue weighted by atomic mass is 32.1. The molecule has 1 aliphatic heterocycles. The van der Waals surface area contributed by atoms with Gasteiger partial charge >= 0.3 is 5.97 Å². The van der Waals surface area contributed by atoms with E-state index in [2.05, 4.69) is 0 Å². The van der Waals surface area contributed by atoms with Crippen LogP contribution in [-0.4, -0.2) is 24.3 Å². The molecule has 1 aromatic heterocycles. The second-order valence-corrected chi connectivity index (χ2v) is 7.98. The number of carbonyl (C=O) groups is 1. The average molecular weight is 435 g/mol. The highest BCUT2D eigenvalue weighted by molar-refractivity contribution is 7.07. The third-order valence-electron chi connectivity index (χ3n) is 5.07. The van der Waals surface area contributed by atoms with Crippen LogP contribution in [0.25, 0.3) is 11.8 Å². The Bertz CT molecular complexity index is 1320. The molecule has 0 spiro atoms. The molecule has 2 aromatic carbocycles. The molecular weight excluding hydrogens is 412 g/mol. The first-order chi connectivity index (χ1) is 15.0. The first-order valence-electron chi connectivity index (χ1n) is 9.92. The van der Waals surface area contributed by atoms with Crippen LogP contribution in [0.3, 0.4) is 0 Å². The van der Waals surface area contributed by atoms with Crippen molar-refractivity contribution in [1.29, 1.82) is 0 Å². The maximum absolute atomic E-state index is 13.2. The Hall–Kier alpha value is -3.45. The van der Waals surface area contributed by atoms with Crippen molar-refractivity contribution in [2.24, 2.45) is 4.99 Å². The van der Waals surface area contributed by atoms with E-state index < -0.39 is 12.0 Å². The number of allylic oxidation sites excluding steroid dienone is 1. The molecule has 2 heterocycles. The lowest BCUT2D eigenvalue weighted by molar-refractivity contribution is -0.138. The van der Waals surface area contributed by atoms with E-state index in [1.54, 1.807) is 21.0 Å². The van der Waals surface area contributed by atoms with Crippen LogP contribution in [0, 0.1) is 0 Å². The van der Waals surface area contributed by atoms with Crippen molar-refractivity contribution in [2.45, 2.75) is 19.9 Å². The number of thiazole rings is 1. The first kappa shape index (κ1) is 20.8. The normalized spacial score (nSPS) is 16.0. The minimum absolute atomic E-state index is 0.194. The maximum Gasteiger partial charge on any atom is 0.338 e. The number of benzene rings is 2. The average Bonchev–Trinajstić information content (AvgIpc) is 3.09. The molecule has 0 saturated heterocycles. The molecule has 0 unspecified atom stereocenters. The molecule has 0 amide bonds. The van der Waals surface area contributed by atoms with Gasteiger partial charge in [-0.25, -0.2) is 9.79 Å². The number of nitrogens with zero attached hydrogens (tertiary/aromatic N) is 2. The van der Waals surface area contributed by atoms with Gasteiger partial charge in [0.1, 0.15) is 11.8 Å². The van der Waals surface area contributed by atoms with Crippen LogP contribution < -0.4 is 19.6 Å². The van der Waals surface area contributed by atoms with E-state index in [1.807, 2.05) is 60.7 Å². The summed E-state index contributed by atoms with van der Waals surface area (Å²) in [5.41, 5.74) is 2.46. The molecule has 0 saturated carbocycles. The number of ether oxygens (including phenoxy) is 2. The highest BCUT2D eigenvalue weighted by Crippen LogP contribution is 2.33. The lowest BCUT2D eigenvalue weighted by atomic mass is 9.96. The predicted octanol–water partition coefficient (Wildman–Crippen LogP) is 2.92. The number of carbonyl (C=O) groups excluding carboxylic acids is 1. The molecule has 7 heteroatoms. The van der Waals surface area contributed by atoms with Gasteiger partial charge in [0.15, 0.2) is 4.80 Å². The number of rotatable bonds is 5. The SMILES string of the molecule is CCOC(=O)C1=C(C)n2c(s/c(=C\c3ccccc3)c2=O)=N[C@H]1c1ccc(OC)cc1. The molecule has 0 aliphatic carbocycles. The zero-order chi connectivity index (χ0) is 22.0. The van der Waals surface area contributed by atoms with Gasteiger partial charge < -0.3 is 9.47 Å². The van der Waals surface area contributed by atoms with Crippen molar-refractivity contribution in [2.75, 3.05) is 13.7 Å². The highest BCUT2D eigenvalue weighted by Gasteiger charge is 2.31. The number of hydrogen-bond acceptors (Lipinski definition) is 6. The van der Waals surface area contributed by atoms with Crippen molar-refractivity contribution in [1.82, 2.24) is 4.57 Å². The molecule has 0 fully saturated rings. The molecule has 6 nitrogen and oxygen atoms in total. The molecular formula is C24H22N2O4S. The number of esters is 1. The topological polar surface area (TPSA) is 69.9 Å². The largest absolute Gasteiger partial charge is 0.497 e. The number of aromatic nitrogens is 1. The summed E-state index contributed by atoms with van der Waals surface area (Å²) in [4.78, 5) is 31.4. The van der Waals surface area contributed by atoms with E-state index >= 15 is 0 Å². The van der Waals surface area contributed by atoms with Crippen molar-refractivity contribution >= 4 is 29.1 Å². The van der Waals surface area contributed by atoms with Crippen LogP contribution in [0.15, 0.2) is 70.0 Å². The Labute approximate surface area is 183 Å². The van der Waals surface area contributed by atoms with Crippen LogP contribution in [0.5, 0.6) is 5.75 Å². The Morgan fingerprint density at radius 2 is 1.87 bits per heavy atom. The standard InChI is InChI=1S/C24H22N2O4S/c1-4-30-23(28)20-15(2)26-22(27)19(14-16-8-6-5-7-9-16)31-24(26)25-21(20)17-10-12-18(29-3)13-11-17/h5-14,21H,4H2,1-3H3/b19-14-/t21-/m0/s1. The summed E-state index contributed by atoms with van der Waals surface area (Å²) >= 11 is 1.31. The Morgan fingerprint density at radius 1 is 1.16 bits per heavy atom. The summed E-state index contributed by atoms with van der Waals surface area (Å²) in [7, 11) is 1.60. The third kappa shape index (κ3) is 3.96. The van der Waals surface area contributed by atoms with E-state index in [0.717, 1.165) is 11.1 Å². The van der Waals surface area contributed by atoms with Crippen LogP contribution in [-0.2, 0) is 9.53 Å². The van der Waals surface area contributed by atoms with Crippen molar-refractivity contribution in [3.63, 3.8) is 0 Å². The van der Waals surface area contributed by atoms with Crippen LogP contribution in [0.1, 0.15) is 31.0 Å². The van der Waals surface area contributed by atoms with E-state index in [-0.39, 0.29) is 12.2 Å². The second kappa shape index (κ2) is 8.73. The molecule has 31 heavy (non-hydrogen) atoms. The van der Waals surface area contributed by atoms with Crippen LogP contribution >= 0.6 is 11.3 Å². The number of hydrogen-bond donors (Lipinski definition) is 0. The van der Waals surface area contributed by atoms with Crippen LogP contribution in [0.2, 0.25) is 0 Å². The minimum atomic E-state index is -0.562. The summed E-state index contributed by atoms with van der Waals surface area (Å²) in [5, 5.41) is 0. The van der Waals surface area contributed by atoms with Gasteiger partial charge in [-0.1, -0.05) is 53.8 Å². The van der Waals surface area contributed by atoms with E-state index in [1.165, 1.54) is 15.9 Å². The lowest BCUT2D eigenvalue weighted by Gasteiger charge is -2.22. The Balaban J connectivity index is 1.93. The molecule has 0 radical (unpaired) electrons. The van der Waals surface area contributed by atoms with Crippen molar-refractivity contribution in [3.05, 3.63) is 91.0 Å². The predicted molar refractivity (Wildman–Crippen MR) is 121 cm³/mol. The first-order valence-corrected chi connectivity index (χ1v) is 10.7. The summed E-state index contributed by atoms with van der Waals surface area (Å²) < 4.78 is 12.6. The maximum atomic E-state index is 13.2. The zero-order valence-electron chi connectivity index (χ0n) is 17.5. The second-order valence-electron chi connectivity index (χ2n) is 6.97. The molecule has 0 bridgehead atoms. The van der Waals surface area contributed by atoms with Gasteiger partial charge in [-0.2, -0.15) is 0 Å². The van der Waals surface area contributed by atoms with Crippen molar-refractivity contribution < 1.29 is 14.3 Å². The van der Waals surface area contributed by atoms with Gasteiger partial charge in [-0.3, -0.25) is 9.36 Å². The van der Waals surface area contributed by atoms with Gasteiger partial charge in [0, 0.05) is 5.70 Å². The van der Waals surface area contributed by atoms with E-state index in [0.29, 0.717) is 26.4 Å². The van der Waals surface area contributed by atoms with E-state index in [4.69, 9.17) is 14.5 Å². The smallest absolute Gasteiger partial charge is 0.338 e. The van der Waals surface area contributed by atoms with E-state index in [9.17, 15) is 9.59 Å². The lowest BCUT2D eigenvalue weighted by Crippen LogP contribution is -2.35. The Morgan fingerprint density at radius 3 is 2.52 bits per heavy atom. The third-order valence-corrected chi connectivity index (χ3v) is 6.05. The monoisotopic (exact) mass is 434 g/mol.